The molecule has 5 heteroatoms. The minimum Gasteiger partial charge on any atom is -0.337 e. The van der Waals surface area contributed by atoms with Crippen molar-refractivity contribution in [2.45, 2.75) is 26.3 Å². The molecule has 1 aliphatic rings. The molecule has 0 radical (unpaired) electrons. The van der Waals surface area contributed by atoms with Crippen LogP contribution in [-0.2, 0) is 11.3 Å². The number of rotatable bonds is 3. The zero-order chi connectivity index (χ0) is 13.8. The summed E-state index contributed by atoms with van der Waals surface area (Å²) in [5, 5.41) is 2.79. The standard InChI is InChI=1S/C14H19N3O2/c1-2-10-7-13(18)17(14(19)16-9-10)12-5-3-11(8-15)4-6-12/h3-6,10H,2,7-9,15H2,1H3,(H,16,19). The fraction of sp³-hybridized carbons (Fsp3) is 0.429. The Morgan fingerprint density at radius 2 is 2.00 bits per heavy atom. The molecule has 0 aliphatic carbocycles. The third kappa shape index (κ3) is 2.93. The minimum absolute atomic E-state index is 0.151. The number of benzene rings is 1. The van der Waals surface area contributed by atoms with E-state index in [1.807, 2.05) is 19.1 Å². The lowest BCUT2D eigenvalue weighted by molar-refractivity contribution is -0.118. The summed E-state index contributed by atoms with van der Waals surface area (Å²) >= 11 is 0. The molecule has 5 nitrogen and oxygen atoms in total. The van der Waals surface area contributed by atoms with Gasteiger partial charge in [0.25, 0.3) is 0 Å². The second-order valence-electron chi connectivity index (χ2n) is 4.76. The lowest BCUT2D eigenvalue weighted by Gasteiger charge is -2.18. The molecule has 1 aromatic rings. The van der Waals surface area contributed by atoms with Gasteiger partial charge in [-0.1, -0.05) is 25.5 Å². The van der Waals surface area contributed by atoms with Crippen molar-refractivity contribution in [2.24, 2.45) is 11.7 Å². The molecule has 0 aromatic heterocycles. The van der Waals surface area contributed by atoms with Gasteiger partial charge in [0.2, 0.25) is 5.91 Å². The van der Waals surface area contributed by atoms with Gasteiger partial charge in [-0.3, -0.25) is 4.79 Å². The predicted octanol–water partition coefficient (Wildman–Crippen LogP) is 1.62. The Bertz CT molecular complexity index is 470. The maximum absolute atomic E-state index is 12.2. The number of nitrogens with one attached hydrogen (secondary N) is 1. The average Bonchev–Trinajstić information content (AvgIpc) is 2.57. The highest BCUT2D eigenvalue weighted by atomic mass is 16.2. The van der Waals surface area contributed by atoms with Gasteiger partial charge in [0.05, 0.1) is 5.69 Å². The van der Waals surface area contributed by atoms with Crippen molar-refractivity contribution in [2.75, 3.05) is 11.4 Å². The molecular formula is C14H19N3O2. The van der Waals surface area contributed by atoms with E-state index in [0.717, 1.165) is 12.0 Å². The summed E-state index contributed by atoms with van der Waals surface area (Å²) < 4.78 is 0. The highest BCUT2D eigenvalue weighted by Gasteiger charge is 2.29. The van der Waals surface area contributed by atoms with Crippen LogP contribution in [0.2, 0.25) is 0 Å². The molecule has 3 amide bonds. The van der Waals surface area contributed by atoms with E-state index < -0.39 is 0 Å². The molecule has 0 bridgehead atoms. The van der Waals surface area contributed by atoms with Gasteiger partial charge < -0.3 is 11.1 Å². The molecule has 0 saturated carbocycles. The van der Waals surface area contributed by atoms with E-state index >= 15 is 0 Å². The number of anilines is 1. The van der Waals surface area contributed by atoms with Crippen molar-refractivity contribution in [1.29, 1.82) is 0 Å². The zero-order valence-corrected chi connectivity index (χ0v) is 11.1. The largest absolute Gasteiger partial charge is 0.337 e. The van der Waals surface area contributed by atoms with Gasteiger partial charge >= 0.3 is 6.03 Å². The van der Waals surface area contributed by atoms with Crippen LogP contribution in [0.1, 0.15) is 25.3 Å². The van der Waals surface area contributed by atoms with Crippen LogP contribution in [0.4, 0.5) is 10.5 Å². The minimum atomic E-state index is -0.346. The number of hydrogen-bond acceptors (Lipinski definition) is 3. The number of imide groups is 1. The van der Waals surface area contributed by atoms with Crippen LogP contribution in [0.15, 0.2) is 24.3 Å². The van der Waals surface area contributed by atoms with E-state index in [1.165, 1.54) is 4.90 Å². The molecule has 1 heterocycles. The van der Waals surface area contributed by atoms with Gasteiger partial charge in [-0.25, -0.2) is 9.69 Å². The molecule has 102 valence electrons. The topological polar surface area (TPSA) is 75.4 Å². The number of nitrogens with two attached hydrogens (primary N) is 1. The lowest BCUT2D eigenvalue weighted by atomic mass is 10.0. The first-order valence-corrected chi connectivity index (χ1v) is 6.55. The number of urea groups is 1. The smallest absolute Gasteiger partial charge is 0.328 e. The van der Waals surface area contributed by atoms with Crippen LogP contribution in [-0.4, -0.2) is 18.5 Å². The van der Waals surface area contributed by atoms with E-state index in [1.54, 1.807) is 12.1 Å². The second kappa shape index (κ2) is 5.84. The normalized spacial score (nSPS) is 20.1. The molecule has 0 spiro atoms. The maximum atomic E-state index is 12.2. The van der Waals surface area contributed by atoms with E-state index in [2.05, 4.69) is 5.32 Å². The first kappa shape index (κ1) is 13.5. The lowest BCUT2D eigenvalue weighted by Crippen LogP contribution is -2.41. The van der Waals surface area contributed by atoms with Crippen LogP contribution in [0.5, 0.6) is 0 Å². The molecular weight excluding hydrogens is 242 g/mol. The molecule has 1 aliphatic heterocycles. The third-order valence-electron chi connectivity index (χ3n) is 3.47. The monoisotopic (exact) mass is 261 g/mol. The summed E-state index contributed by atoms with van der Waals surface area (Å²) in [7, 11) is 0. The average molecular weight is 261 g/mol. The van der Waals surface area contributed by atoms with Gasteiger partial charge in [-0.05, 0) is 23.6 Å². The zero-order valence-electron chi connectivity index (χ0n) is 11.1. The fourth-order valence-electron chi connectivity index (χ4n) is 2.17. The fourth-order valence-corrected chi connectivity index (χ4v) is 2.17. The first-order valence-electron chi connectivity index (χ1n) is 6.55. The molecule has 2 rings (SSSR count). The SMILES string of the molecule is CCC1CNC(=O)N(c2ccc(CN)cc2)C(=O)C1. The number of hydrogen-bond donors (Lipinski definition) is 2. The Hall–Kier alpha value is -1.88. The van der Waals surface area contributed by atoms with E-state index in [-0.39, 0.29) is 17.9 Å². The third-order valence-corrected chi connectivity index (χ3v) is 3.47. The summed E-state index contributed by atoms with van der Waals surface area (Å²) in [6, 6.07) is 6.83. The number of amides is 3. The number of carbonyl (C=O) groups is 2. The van der Waals surface area contributed by atoms with Crippen LogP contribution < -0.4 is 16.0 Å². The van der Waals surface area contributed by atoms with Crippen LogP contribution in [0, 0.1) is 5.92 Å². The molecule has 1 atom stereocenters. The van der Waals surface area contributed by atoms with Crippen LogP contribution in [0.3, 0.4) is 0 Å². The molecule has 1 aromatic carbocycles. The maximum Gasteiger partial charge on any atom is 0.328 e. The van der Waals surface area contributed by atoms with Crippen molar-refractivity contribution in [3.05, 3.63) is 29.8 Å². The van der Waals surface area contributed by atoms with Gasteiger partial charge in [0.1, 0.15) is 0 Å². The van der Waals surface area contributed by atoms with E-state index in [0.29, 0.717) is 25.2 Å². The molecule has 1 unspecified atom stereocenters. The summed E-state index contributed by atoms with van der Waals surface area (Å²) in [4.78, 5) is 25.4. The highest BCUT2D eigenvalue weighted by Crippen LogP contribution is 2.21. The second-order valence-corrected chi connectivity index (χ2v) is 4.76. The summed E-state index contributed by atoms with van der Waals surface area (Å²) in [6.45, 7) is 3.02. The summed E-state index contributed by atoms with van der Waals surface area (Å²) in [6.07, 6.45) is 1.28. The molecule has 19 heavy (non-hydrogen) atoms. The van der Waals surface area contributed by atoms with Gasteiger partial charge in [0, 0.05) is 19.5 Å². The Kier molecular flexibility index (Phi) is 4.16. The Morgan fingerprint density at radius 3 is 2.58 bits per heavy atom. The van der Waals surface area contributed by atoms with Crippen molar-refractivity contribution in [1.82, 2.24) is 5.32 Å². The first-order chi connectivity index (χ1) is 9.15. The molecule has 3 N–H and O–H groups in total. The van der Waals surface area contributed by atoms with Gasteiger partial charge in [-0.15, -0.1) is 0 Å². The summed E-state index contributed by atoms with van der Waals surface area (Å²) in [5.41, 5.74) is 7.10. The van der Waals surface area contributed by atoms with Crippen molar-refractivity contribution >= 4 is 17.6 Å². The van der Waals surface area contributed by atoms with Crippen molar-refractivity contribution in [3.8, 4) is 0 Å². The van der Waals surface area contributed by atoms with Gasteiger partial charge in [-0.2, -0.15) is 0 Å². The van der Waals surface area contributed by atoms with Crippen molar-refractivity contribution < 1.29 is 9.59 Å². The quantitative estimate of drug-likeness (QED) is 0.868. The van der Waals surface area contributed by atoms with E-state index in [9.17, 15) is 9.59 Å². The Balaban J connectivity index is 2.25. The molecule has 1 fully saturated rings. The number of carbonyl (C=O) groups excluding carboxylic acids is 2. The Morgan fingerprint density at radius 1 is 1.32 bits per heavy atom. The van der Waals surface area contributed by atoms with E-state index in [4.69, 9.17) is 5.73 Å². The van der Waals surface area contributed by atoms with Crippen LogP contribution >= 0.6 is 0 Å². The molecule has 1 saturated heterocycles. The van der Waals surface area contributed by atoms with Crippen LogP contribution in [0.25, 0.3) is 0 Å². The highest BCUT2D eigenvalue weighted by molar-refractivity contribution is 6.14. The van der Waals surface area contributed by atoms with Gasteiger partial charge in [0.15, 0.2) is 0 Å². The van der Waals surface area contributed by atoms with Crippen molar-refractivity contribution in [3.63, 3.8) is 0 Å². The predicted molar refractivity (Wildman–Crippen MR) is 73.6 cm³/mol. The summed E-state index contributed by atoms with van der Waals surface area (Å²) in [5.74, 6) is 0.0621. The Labute approximate surface area is 112 Å². The number of nitrogens with zero attached hydrogens (tertiary/aromatic N) is 1.